The molecule has 0 fully saturated rings. The van der Waals surface area contributed by atoms with E-state index in [9.17, 15) is 4.79 Å². The van der Waals surface area contributed by atoms with E-state index in [2.05, 4.69) is 10.2 Å². The molecule has 1 unspecified atom stereocenters. The molecule has 0 spiro atoms. The third-order valence-corrected chi connectivity index (χ3v) is 5.19. The molecule has 2 aromatic carbocycles. The Morgan fingerprint density at radius 1 is 1.10 bits per heavy atom. The number of thioether (sulfide) groups is 1. The van der Waals surface area contributed by atoms with Gasteiger partial charge < -0.3 is 18.8 Å². The second-order valence-electron chi connectivity index (χ2n) is 6.41. The maximum absolute atomic E-state index is 12.7. The first-order chi connectivity index (χ1) is 14.0. The van der Waals surface area contributed by atoms with Crippen molar-refractivity contribution in [3.05, 3.63) is 54.1 Å². The first-order valence-corrected chi connectivity index (χ1v) is 9.90. The van der Waals surface area contributed by atoms with Crippen LogP contribution in [-0.4, -0.2) is 47.5 Å². The van der Waals surface area contributed by atoms with Crippen molar-refractivity contribution >= 4 is 17.7 Å². The molecule has 1 aromatic heterocycles. The second kappa shape index (κ2) is 9.47. The fourth-order valence-electron chi connectivity index (χ4n) is 2.75. The highest BCUT2D eigenvalue weighted by Gasteiger charge is 2.22. The van der Waals surface area contributed by atoms with Gasteiger partial charge in [0.05, 0.1) is 19.5 Å². The molecule has 152 valence electrons. The predicted octanol–water partition coefficient (Wildman–Crippen LogP) is 3.89. The summed E-state index contributed by atoms with van der Waals surface area (Å²) in [6, 6.07) is 15.2. The number of hydrogen-bond donors (Lipinski definition) is 0. The van der Waals surface area contributed by atoms with Gasteiger partial charge in [0.25, 0.3) is 5.22 Å². The van der Waals surface area contributed by atoms with E-state index in [1.165, 1.54) is 11.8 Å². The third-order valence-electron chi connectivity index (χ3n) is 4.27. The summed E-state index contributed by atoms with van der Waals surface area (Å²) in [6.45, 7) is 2.37. The van der Waals surface area contributed by atoms with E-state index in [4.69, 9.17) is 13.9 Å². The van der Waals surface area contributed by atoms with Gasteiger partial charge in [0.1, 0.15) is 11.5 Å². The number of aromatic nitrogens is 2. The predicted molar refractivity (Wildman–Crippen MR) is 111 cm³/mol. The highest BCUT2D eigenvalue weighted by Crippen LogP contribution is 2.31. The smallest absolute Gasteiger partial charge is 0.277 e. The van der Waals surface area contributed by atoms with Crippen molar-refractivity contribution in [2.75, 3.05) is 21.3 Å². The zero-order valence-electron chi connectivity index (χ0n) is 16.8. The van der Waals surface area contributed by atoms with Crippen molar-refractivity contribution in [1.29, 1.82) is 0 Å². The molecule has 7 nitrogen and oxygen atoms in total. The van der Waals surface area contributed by atoms with Crippen molar-refractivity contribution in [3.63, 3.8) is 0 Å². The minimum atomic E-state index is -0.364. The molecule has 0 aliphatic rings. The number of rotatable bonds is 8. The topological polar surface area (TPSA) is 77.7 Å². The number of hydrogen-bond acceptors (Lipinski definition) is 7. The third kappa shape index (κ3) is 5.29. The van der Waals surface area contributed by atoms with Crippen LogP contribution in [0.5, 0.6) is 11.5 Å². The molecule has 3 aromatic rings. The molecular formula is C21H23N3O4S. The fourth-order valence-corrected chi connectivity index (χ4v) is 3.55. The zero-order valence-corrected chi connectivity index (χ0v) is 17.6. The summed E-state index contributed by atoms with van der Waals surface area (Å²) in [7, 11) is 4.94. The van der Waals surface area contributed by atoms with E-state index in [1.807, 2.05) is 37.3 Å². The summed E-state index contributed by atoms with van der Waals surface area (Å²) in [4.78, 5) is 14.4. The SMILES string of the molecule is COc1cc(OC)cc(-c2nnc(SC(C)C(=O)N(C)Cc3ccccc3)o2)c1. The van der Waals surface area contributed by atoms with Crippen molar-refractivity contribution in [2.45, 2.75) is 23.9 Å². The Morgan fingerprint density at radius 2 is 1.76 bits per heavy atom. The van der Waals surface area contributed by atoms with Crippen LogP contribution in [0.25, 0.3) is 11.5 Å². The van der Waals surface area contributed by atoms with Gasteiger partial charge in [-0.15, -0.1) is 10.2 Å². The van der Waals surface area contributed by atoms with Crippen molar-refractivity contribution in [2.24, 2.45) is 0 Å². The van der Waals surface area contributed by atoms with Crippen LogP contribution in [-0.2, 0) is 11.3 Å². The Balaban J connectivity index is 1.67. The van der Waals surface area contributed by atoms with Crippen molar-refractivity contribution in [1.82, 2.24) is 15.1 Å². The van der Waals surface area contributed by atoms with Gasteiger partial charge in [-0.25, -0.2) is 0 Å². The van der Waals surface area contributed by atoms with Crippen LogP contribution < -0.4 is 9.47 Å². The molecule has 0 saturated carbocycles. The molecular weight excluding hydrogens is 390 g/mol. The van der Waals surface area contributed by atoms with Gasteiger partial charge in [-0.05, 0) is 24.6 Å². The molecule has 29 heavy (non-hydrogen) atoms. The van der Waals surface area contributed by atoms with Crippen LogP contribution in [0.2, 0.25) is 0 Å². The number of carbonyl (C=O) groups is 1. The molecule has 3 rings (SSSR count). The molecule has 0 bridgehead atoms. The molecule has 0 saturated heterocycles. The average Bonchev–Trinajstić information content (AvgIpc) is 3.21. The largest absolute Gasteiger partial charge is 0.497 e. The average molecular weight is 413 g/mol. The van der Waals surface area contributed by atoms with Crippen LogP contribution in [0.15, 0.2) is 58.2 Å². The Bertz CT molecular complexity index is 939. The highest BCUT2D eigenvalue weighted by molar-refractivity contribution is 8.00. The lowest BCUT2D eigenvalue weighted by molar-refractivity contribution is -0.129. The Kier molecular flexibility index (Phi) is 6.77. The molecule has 1 heterocycles. The Morgan fingerprint density at radius 3 is 2.38 bits per heavy atom. The highest BCUT2D eigenvalue weighted by atomic mass is 32.2. The van der Waals surface area contributed by atoms with Crippen LogP contribution in [0.1, 0.15) is 12.5 Å². The zero-order chi connectivity index (χ0) is 20.8. The van der Waals surface area contributed by atoms with E-state index < -0.39 is 0 Å². The Labute approximate surface area is 174 Å². The van der Waals surface area contributed by atoms with Gasteiger partial charge in [0.2, 0.25) is 11.8 Å². The lowest BCUT2D eigenvalue weighted by atomic mass is 10.2. The molecule has 1 atom stereocenters. The molecule has 8 heteroatoms. The monoisotopic (exact) mass is 413 g/mol. The normalized spacial score (nSPS) is 11.7. The number of carbonyl (C=O) groups excluding carboxylic acids is 1. The lowest BCUT2D eigenvalue weighted by Gasteiger charge is -2.20. The fraction of sp³-hybridized carbons (Fsp3) is 0.286. The number of amides is 1. The van der Waals surface area contributed by atoms with E-state index in [1.54, 1.807) is 44.4 Å². The molecule has 0 N–H and O–H groups in total. The molecule has 1 amide bonds. The van der Waals surface area contributed by atoms with Crippen LogP contribution in [0, 0.1) is 0 Å². The van der Waals surface area contributed by atoms with Gasteiger partial charge in [0, 0.05) is 25.2 Å². The van der Waals surface area contributed by atoms with Crippen molar-refractivity contribution < 1.29 is 18.7 Å². The minimum absolute atomic E-state index is 0.0124. The van der Waals surface area contributed by atoms with Gasteiger partial charge in [-0.2, -0.15) is 0 Å². The van der Waals surface area contributed by atoms with E-state index in [0.717, 1.165) is 5.56 Å². The molecule has 0 aliphatic carbocycles. The van der Waals surface area contributed by atoms with Gasteiger partial charge in [-0.1, -0.05) is 42.1 Å². The van der Waals surface area contributed by atoms with Crippen LogP contribution in [0.4, 0.5) is 0 Å². The summed E-state index contributed by atoms with van der Waals surface area (Å²) < 4.78 is 16.3. The summed E-state index contributed by atoms with van der Waals surface area (Å²) >= 11 is 1.23. The van der Waals surface area contributed by atoms with E-state index >= 15 is 0 Å². The van der Waals surface area contributed by atoms with Crippen molar-refractivity contribution in [3.8, 4) is 23.0 Å². The quantitative estimate of drug-likeness (QED) is 0.518. The van der Waals surface area contributed by atoms with Gasteiger partial charge >= 0.3 is 0 Å². The summed E-state index contributed by atoms with van der Waals surface area (Å²) in [5, 5.41) is 8.12. The molecule has 0 radical (unpaired) electrons. The number of methoxy groups -OCH3 is 2. The number of nitrogens with zero attached hydrogens (tertiary/aromatic N) is 3. The lowest BCUT2D eigenvalue weighted by Crippen LogP contribution is -2.32. The maximum atomic E-state index is 12.7. The number of benzene rings is 2. The maximum Gasteiger partial charge on any atom is 0.277 e. The summed E-state index contributed by atoms with van der Waals surface area (Å²) in [6.07, 6.45) is 0. The first kappa shape index (κ1) is 20.7. The van der Waals surface area contributed by atoms with E-state index in [-0.39, 0.29) is 11.2 Å². The van der Waals surface area contributed by atoms with E-state index in [0.29, 0.717) is 34.7 Å². The summed E-state index contributed by atoms with van der Waals surface area (Å²) in [5.41, 5.74) is 1.76. The number of ether oxygens (including phenoxy) is 2. The second-order valence-corrected chi connectivity index (χ2v) is 7.71. The standard InChI is InChI=1S/C21H23N3O4S/c1-14(20(25)24(2)13-15-8-6-5-7-9-15)29-21-23-22-19(28-21)16-10-17(26-3)12-18(11-16)27-4/h5-12,14H,13H2,1-4H3. The summed E-state index contributed by atoms with van der Waals surface area (Å²) in [5.74, 6) is 1.57. The van der Waals surface area contributed by atoms with Gasteiger partial charge in [0.15, 0.2) is 0 Å². The molecule has 0 aliphatic heterocycles. The van der Waals surface area contributed by atoms with Crippen LogP contribution >= 0.6 is 11.8 Å². The van der Waals surface area contributed by atoms with Gasteiger partial charge in [-0.3, -0.25) is 4.79 Å². The van der Waals surface area contributed by atoms with Crippen LogP contribution in [0.3, 0.4) is 0 Å². The first-order valence-electron chi connectivity index (χ1n) is 9.02. The minimum Gasteiger partial charge on any atom is -0.497 e. The Hall–Kier alpha value is -3.00.